The van der Waals surface area contributed by atoms with Crippen molar-refractivity contribution >= 4 is 0 Å². The SMILES string of the molecule is CCON[C@@H](CC)CO. The van der Waals surface area contributed by atoms with Gasteiger partial charge in [-0.05, 0) is 13.3 Å². The minimum absolute atomic E-state index is 0.0879. The predicted octanol–water partition coefficient (Wildman–Crippen LogP) is 0.298. The van der Waals surface area contributed by atoms with E-state index in [9.17, 15) is 0 Å². The molecule has 0 aliphatic heterocycles. The van der Waals surface area contributed by atoms with E-state index in [4.69, 9.17) is 9.94 Å². The van der Waals surface area contributed by atoms with Crippen LogP contribution in [0.2, 0.25) is 0 Å². The summed E-state index contributed by atoms with van der Waals surface area (Å²) < 4.78 is 0. The predicted molar refractivity (Wildman–Crippen MR) is 35.9 cm³/mol. The summed E-state index contributed by atoms with van der Waals surface area (Å²) in [7, 11) is 0. The summed E-state index contributed by atoms with van der Waals surface area (Å²) in [5, 5.41) is 8.61. The highest BCUT2D eigenvalue weighted by molar-refractivity contribution is 4.54. The van der Waals surface area contributed by atoms with Gasteiger partial charge in [0.2, 0.25) is 0 Å². The molecule has 56 valence electrons. The van der Waals surface area contributed by atoms with Crippen molar-refractivity contribution in [3.8, 4) is 0 Å². The molecule has 0 aliphatic rings. The Morgan fingerprint density at radius 1 is 1.56 bits per heavy atom. The minimum atomic E-state index is 0.0879. The van der Waals surface area contributed by atoms with Gasteiger partial charge in [0, 0.05) is 0 Å². The molecule has 3 heteroatoms. The molecule has 0 rings (SSSR count). The van der Waals surface area contributed by atoms with Crippen LogP contribution >= 0.6 is 0 Å². The molecule has 0 aliphatic carbocycles. The van der Waals surface area contributed by atoms with Crippen molar-refractivity contribution < 1.29 is 9.94 Å². The van der Waals surface area contributed by atoms with Crippen LogP contribution in [0.5, 0.6) is 0 Å². The van der Waals surface area contributed by atoms with Crippen LogP contribution in [-0.4, -0.2) is 24.4 Å². The van der Waals surface area contributed by atoms with Gasteiger partial charge < -0.3 is 9.94 Å². The Kier molecular flexibility index (Phi) is 5.93. The highest BCUT2D eigenvalue weighted by Crippen LogP contribution is 1.87. The van der Waals surface area contributed by atoms with Crippen LogP contribution in [0, 0.1) is 0 Å². The van der Waals surface area contributed by atoms with Crippen molar-refractivity contribution in [1.29, 1.82) is 0 Å². The summed E-state index contributed by atoms with van der Waals surface area (Å²) in [6, 6.07) is 0.0879. The summed E-state index contributed by atoms with van der Waals surface area (Å²) in [5.74, 6) is 0. The Labute approximate surface area is 56.0 Å². The van der Waals surface area contributed by atoms with Gasteiger partial charge in [0.05, 0.1) is 19.3 Å². The Balaban J connectivity index is 3.09. The lowest BCUT2D eigenvalue weighted by Crippen LogP contribution is -2.31. The zero-order valence-electron chi connectivity index (χ0n) is 6.05. The number of nitrogens with one attached hydrogen (secondary N) is 1. The van der Waals surface area contributed by atoms with Gasteiger partial charge in [-0.2, -0.15) is 5.48 Å². The highest BCUT2D eigenvalue weighted by atomic mass is 16.6. The lowest BCUT2D eigenvalue weighted by molar-refractivity contribution is 0.00826. The zero-order valence-corrected chi connectivity index (χ0v) is 6.05. The fourth-order valence-corrected chi connectivity index (χ4v) is 0.451. The first kappa shape index (κ1) is 8.88. The molecule has 0 aromatic carbocycles. The normalized spacial score (nSPS) is 13.7. The van der Waals surface area contributed by atoms with Gasteiger partial charge in [-0.25, -0.2) is 0 Å². The van der Waals surface area contributed by atoms with E-state index in [1.165, 1.54) is 0 Å². The third kappa shape index (κ3) is 4.39. The Morgan fingerprint density at radius 2 is 2.22 bits per heavy atom. The topological polar surface area (TPSA) is 41.5 Å². The van der Waals surface area contributed by atoms with Crippen LogP contribution in [0.4, 0.5) is 0 Å². The van der Waals surface area contributed by atoms with E-state index < -0.39 is 0 Å². The van der Waals surface area contributed by atoms with Crippen LogP contribution in [0.3, 0.4) is 0 Å². The molecule has 0 aromatic heterocycles. The number of hydrogen-bond donors (Lipinski definition) is 2. The van der Waals surface area contributed by atoms with Gasteiger partial charge in [0.1, 0.15) is 0 Å². The number of aliphatic hydroxyl groups is 1. The Morgan fingerprint density at radius 3 is 2.56 bits per heavy atom. The van der Waals surface area contributed by atoms with Gasteiger partial charge in [0.25, 0.3) is 0 Å². The molecule has 0 saturated heterocycles. The second-order valence-electron chi connectivity index (χ2n) is 1.84. The summed E-state index contributed by atoms with van der Waals surface area (Å²) in [6.07, 6.45) is 0.885. The average Bonchev–Trinajstić information content (AvgIpc) is 1.91. The average molecular weight is 133 g/mol. The molecule has 0 bridgehead atoms. The quantitative estimate of drug-likeness (QED) is 0.530. The van der Waals surface area contributed by atoms with Crippen LogP contribution in [0.25, 0.3) is 0 Å². The molecule has 0 unspecified atom stereocenters. The second kappa shape index (κ2) is 6.01. The van der Waals surface area contributed by atoms with Crippen LogP contribution in [0.1, 0.15) is 20.3 Å². The molecule has 9 heavy (non-hydrogen) atoms. The minimum Gasteiger partial charge on any atom is -0.395 e. The largest absolute Gasteiger partial charge is 0.395 e. The van der Waals surface area contributed by atoms with Crippen molar-refractivity contribution in [2.45, 2.75) is 26.3 Å². The van der Waals surface area contributed by atoms with Crippen LogP contribution in [0.15, 0.2) is 0 Å². The van der Waals surface area contributed by atoms with Crippen LogP contribution in [-0.2, 0) is 4.84 Å². The number of hydrogen-bond acceptors (Lipinski definition) is 3. The van der Waals surface area contributed by atoms with E-state index >= 15 is 0 Å². The van der Waals surface area contributed by atoms with E-state index in [1.54, 1.807) is 0 Å². The fourth-order valence-electron chi connectivity index (χ4n) is 0.451. The third-order valence-corrected chi connectivity index (χ3v) is 1.11. The van der Waals surface area contributed by atoms with Crippen molar-refractivity contribution in [2.24, 2.45) is 0 Å². The number of aliphatic hydroxyl groups excluding tert-OH is 1. The van der Waals surface area contributed by atoms with Crippen molar-refractivity contribution in [3.63, 3.8) is 0 Å². The first-order chi connectivity index (χ1) is 4.35. The number of hydroxylamine groups is 1. The van der Waals surface area contributed by atoms with Crippen molar-refractivity contribution in [2.75, 3.05) is 13.2 Å². The number of rotatable bonds is 5. The van der Waals surface area contributed by atoms with Crippen molar-refractivity contribution in [1.82, 2.24) is 5.48 Å². The molecule has 0 fully saturated rings. The monoisotopic (exact) mass is 133 g/mol. The molecule has 0 amide bonds. The maximum Gasteiger partial charge on any atom is 0.0654 e. The van der Waals surface area contributed by atoms with E-state index in [2.05, 4.69) is 5.48 Å². The summed E-state index contributed by atoms with van der Waals surface area (Å²) in [5.41, 5.74) is 2.72. The summed E-state index contributed by atoms with van der Waals surface area (Å²) in [4.78, 5) is 4.87. The second-order valence-corrected chi connectivity index (χ2v) is 1.84. The van der Waals surface area contributed by atoms with Gasteiger partial charge in [0.15, 0.2) is 0 Å². The summed E-state index contributed by atoms with van der Waals surface area (Å²) in [6.45, 7) is 4.66. The highest BCUT2D eigenvalue weighted by Gasteiger charge is 2.00. The third-order valence-electron chi connectivity index (χ3n) is 1.11. The van der Waals surface area contributed by atoms with E-state index in [1.807, 2.05) is 13.8 Å². The standard InChI is InChI=1S/C6H15NO2/c1-3-6(5-8)7-9-4-2/h6-8H,3-5H2,1-2H3/t6-/m0/s1. The first-order valence-corrected chi connectivity index (χ1v) is 3.33. The lowest BCUT2D eigenvalue weighted by atomic mass is 10.3. The Bertz CT molecular complexity index is 55.0. The van der Waals surface area contributed by atoms with Gasteiger partial charge in [-0.15, -0.1) is 0 Å². The molecule has 0 radical (unpaired) electrons. The molecule has 0 aromatic rings. The van der Waals surface area contributed by atoms with Gasteiger partial charge >= 0.3 is 0 Å². The molecule has 1 atom stereocenters. The molecular formula is C6H15NO2. The lowest BCUT2D eigenvalue weighted by Gasteiger charge is -2.11. The Hall–Kier alpha value is -0.120. The van der Waals surface area contributed by atoms with E-state index in [-0.39, 0.29) is 12.6 Å². The maximum absolute atomic E-state index is 8.61. The summed E-state index contributed by atoms with van der Waals surface area (Å²) >= 11 is 0. The molecular weight excluding hydrogens is 118 g/mol. The van der Waals surface area contributed by atoms with E-state index in [0.29, 0.717) is 6.61 Å². The smallest absolute Gasteiger partial charge is 0.0654 e. The molecule has 0 saturated carbocycles. The zero-order chi connectivity index (χ0) is 7.11. The fraction of sp³-hybridized carbons (Fsp3) is 1.00. The van der Waals surface area contributed by atoms with E-state index in [0.717, 1.165) is 6.42 Å². The molecule has 0 heterocycles. The van der Waals surface area contributed by atoms with Gasteiger partial charge in [-0.1, -0.05) is 6.92 Å². The first-order valence-electron chi connectivity index (χ1n) is 3.33. The van der Waals surface area contributed by atoms with Gasteiger partial charge in [-0.3, -0.25) is 0 Å². The molecule has 2 N–H and O–H groups in total. The van der Waals surface area contributed by atoms with Crippen molar-refractivity contribution in [3.05, 3.63) is 0 Å². The molecule has 0 spiro atoms. The molecule has 3 nitrogen and oxygen atoms in total. The maximum atomic E-state index is 8.61. The van der Waals surface area contributed by atoms with Crippen LogP contribution < -0.4 is 5.48 Å².